The summed E-state index contributed by atoms with van der Waals surface area (Å²) < 4.78 is 15.6. The highest BCUT2D eigenvalue weighted by atomic mass is 32.1. The van der Waals surface area contributed by atoms with Gasteiger partial charge in [-0.15, -0.1) is 11.3 Å². The maximum Gasteiger partial charge on any atom is 0.348 e. The van der Waals surface area contributed by atoms with E-state index in [1.165, 1.54) is 35.3 Å². The summed E-state index contributed by atoms with van der Waals surface area (Å²) in [5.74, 6) is 0.897. The first-order valence-corrected chi connectivity index (χ1v) is 10.2. The summed E-state index contributed by atoms with van der Waals surface area (Å²) in [6.07, 6.45) is 4.37. The van der Waals surface area contributed by atoms with Crippen LogP contribution < -0.4 is 14.8 Å². The molecule has 0 spiro atoms. The van der Waals surface area contributed by atoms with Crippen LogP contribution in [0.3, 0.4) is 0 Å². The van der Waals surface area contributed by atoms with Crippen LogP contribution in [-0.4, -0.2) is 32.7 Å². The third-order valence-electron chi connectivity index (χ3n) is 4.98. The summed E-state index contributed by atoms with van der Waals surface area (Å²) in [5.41, 5.74) is 1.74. The van der Waals surface area contributed by atoms with Crippen LogP contribution in [0, 0.1) is 5.92 Å². The highest BCUT2D eigenvalue weighted by Gasteiger charge is 2.23. The van der Waals surface area contributed by atoms with Crippen LogP contribution in [0.5, 0.6) is 11.5 Å². The quantitative estimate of drug-likeness (QED) is 0.705. The van der Waals surface area contributed by atoms with Crippen molar-refractivity contribution in [3.8, 4) is 11.5 Å². The maximum absolute atomic E-state index is 12.3. The molecule has 6 nitrogen and oxygen atoms in total. The second-order valence-electron chi connectivity index (χ2n) is 6.77. The molecule has 0 fully saturated rings. The van der Waals surface area contributed by atoms with E-state index >= 15 is 0 Å². The van der Waals surface area contributed by atoms with Gasteiger partial charge < -0.3 is 19.5 Å². The molecule has 1 aromatic carbocycles. The number of thiophene rings is 1. The third-order valence-corrected chi connectivity index (χ3v) is 6.20. The largest absolute Gasteiger partial charge is 0.497 e. The minimum atomic E-state index is -0.454. The summed E-state index contributed by atoms with van der Waals surface area (Å²) in [5, 5.41) is 2.69. The SMILES string of the molecule is CCC1CCc2sc(C(=O)OCC(=O)Nc3ccc(OC)cc3OC)cc2C1. The minimum Gasteiger partial charge on any atom is -0.497 e. The van der Waals surface area contributed by atoms with E-state index in [0.29, 0.717) is 28.0 Å². The summed E-state index contributed by atoms with van der Waals surface area (Å²) in [7, 11) is 3.06. The molecule has 1 aromatic heterocycles. The molecule has 0 aliphatic heterocycles. The van der Waals surface area contributed by atoms with Gasteiger partial charge in [0.1, 0.15) is 16.4 Å². The van der Waals surface area contributed by atoms with Crippen molar-refractivity contribution in [3.05, 3.63) is 39.6 Å². The number of nitrogens with one attached hydrogen (secondary N) is 1. The Morgan fingerprint density at radius 1 is 1.21 bits per heavy atom. The number of ether oxygens (including phenoxy) is 3. The number of aryl methyl sites for hydroxylation is 1. The number of amides is 1. The number of rotatable bonds is 7. The lowest BCUT2D eigenvalue weighted by Gasteiger charge is -2.19. The predicted molar refractivity (Wildman–Crippen MR) is 109 cm³/mol. The lowest BCUT2D eigenvalue weighted by atomic mass is 9.87. The first-order valence-electron chi connectivity index (χ1n) is 9.34. The van der Waals surface area contributed by atoms with Gasteiger partial charge in [0.2, 0.25) is 0 Å². The molecule has 0 bridgehead atoms. The molecule has 3 rings (SSSR count). The molecule has 0 saturated heterocycles. The molecular formula is C21H25NO5S. The highest BCUT2D eigenvalue weighted by molar-refractivity contribution is 7.14. The van der Waals surface area contributed by atoms with Gasteiger partial charge in [0.15, 0.2) is 6.61 Å². The van der Waals surface area contributed by atoms with Crippen LogP contribution in [0.2, 0.25) is 0 Å². The Hall–Kier alpha value is -2.54. The molecule has 1 aliphatic rings. The number of fused-ring (bicyclic) bond motifs is 1. The predicted octanol–water partition coefficient (Wildman–Crippen LogP) is 4.08. The highest BCUT2D eigenvalue weighted by Crippen LogP contribution is 2.34. The second kappa shape index (κ2) is 9.10. The lowest BCUT2D eigenvalue weighted by molar-refractivity contribution is -0.119. The number of esters is 1. The van der Waals surface area contributed by atoms with Crippen LogP contribution in [-0.2, 0) is 22.4 Å². The molecule has 7 heteroatoms. The number of methoxy groups -OCH3 is 2. The molecule has 0 radical (unpaired) electrons. The van der Waals surface area contributed by atoms with E-state index in [9.17, 15) is 9.59 Å². The first-order chi connectivity index (χ1) is 13.5. The Balaban J connectivity index is 1.56. The molecule has 1 heterocycles. The number of anilines is 1. The Labute approximate surface area is 168 Å². The van der Waals surface area contributed by atoms with Gasteiger partial charge in [0.25, 0.3) is 5.91 Å². The van der Waals surface area contributed by atoms with E-state index in [1.54, 1.807) is 25.3 Å². The van der Waals surface area contributed by atoms with E-state index < -0.39 is 11.9 Å². The van der Waals surface area contributed by atoms with Crippen molar-refractivity contribution in [1.82, 2.24) is 0 Å². The van der Waals surface area contributed by atoms with Gasteiger partial charge >= 0.3 is 5.97 Å². The van der Waals surface area contributed by atoms with E-state index in [2.05, 4.69) is 12.2 Å². The topological polar surface area (TPSA) is 73.9 Å². The summed E-state index contributed by atoms with van der Waals surface area (Å²) in [6.45, 7) is 1.85. The monoisotopic (exact) mass is 403 g/mol. The van der Waals surface area contributed by atoms with E-state index in [0.717, 1.165) is 19.3 Å². The molecular weight excluding hydrogens is 378 g/mol. The van der Waals surface area contributed by atoms with Crippen molar-refractivity contribution in [2.45, 2.75) is 32.6 Å². The second-order valence-corrected chi connectivity index (χ2v) is 7.90. The number of hydrogen-bond donors (Lipinski definition) is 1. The molecule has 1 aliphatic carbocycles. The molecule has 150 valence electrons. The van der Waals surface area contributed by atoms with Gasteiger partial charge in [0, 0.05) is 10.9 Å². The minimum absolute atomic E-state index is 0.353. The van der Waals surface area contributed by atoms with Crippen molar-refractivity contribution >= 4 is 28.9 Å². The van der Waals surface area contributed by atoms with E-state index in [1.807, 2.05) is 6.07 Å². The zero-order chi connectivity index (χ0) is 20.1. The molecule has 2 aromatic rings. The fourth-order valence-corrected chi connectivity index (χ4v) is 4.44. The van der Waals surface area contributed by atoms with Crippen molar-refractivity contribution in [2.75, 3.05) is 26.1 Å². The number of benzene rings is 1. The number of hydrogen-bond acceptors (Lipinski definition) is 6. The van der Waals surface area contributed by atoms with Crippen molar-refractivity contribution in [2.24, 2.45) is 5.92 Å². The summed E-state index contributed by atoms with van der Waals surface area (Å²) >= 11 is 1.48. The fourth-order valence-electron chi connectivity index (χ4n) is 3.34. The summed E-state index contributed by atoms with van der Waals surface area (Å²) in [6, 6.07) is 6.98. The van der Waals surface area contributed by atoms with E-state index in [-0.39, 0.29) is 6.61 Å². The van der Waals surface area contributed by atoms with Crippen LogP contribution >= 0.6 is 11.3 Å². The average molecular weight is 404 g/mol. The zero-order valence-electron chi connectivity index (χ0n) is 16.4. The molecule has 1 N–H and O–H groups in total. The number of carbonyl (C=O) groups excluding carboxylic acids is 2. The van der Waals surface area contributed by atoms with Gasteiger partial charge in [-0.1, -0.05) is 13.3 Å². The van der Waals surface area contributed by atoms with Crippen LogP contribution in [0.1, 0.15) is 39.9 Å². The van der Waals surface area contributed by atoms with Gasteiger partial charge in [0.05, 0.1) is 19.9 Å². The Bertz CT molecular complexity index is 860. The van der Waals surface area contributed by atoms with Crippen molar-refractivity contribution in [3.63, 3.8) is 0 Å². The smallest absolute Gasteiger partial charge is 0.348 e. The third kappa shape index (κ3) is 4.65. The molecule has 1 amide bonds. The molecule has 28 heavy (non-hydrogen) atoms. The first kappa shape index (κ1) is 20.2. The zero-order valence-corrected chi connectivity index (χ0v) is 17.2. The molecule has 1 unspecified atom stereocenters. The Morgan fingerprint density at radius 2 is 2.04 bits per heavy atom. The van der Waals surface area contributed by atoms with Crippen LogP contribution in [0.4, 0.5) is 5.69 Å². The van der Waals surface area contributed by atoms with Gasteiger partial charge in [-0.3, -0.25) is 4.79 Å². The van der Waals surface area contributed by atoms with E-state index in [4.69, 9.17) is 14.2 Å². The van der Waals surface area contributed by atoms with Crippen LogP contribution in [0.15, 0.2) is 24.3 Å². The Morgan fingerprint density at radius 3 is 2.75 bits per heavy atom. The van der Waals surface area contributed by atoms with Gasteiger partial charge in [-0.05, 0) is 48.9 Å². The fraction of sp³-hybridized carbons (Fsp3) is 0.429. The standard InChI is InChI=1S/C21H25NO5S/c1-4-13-5-8-18-14(9-13)10-19(28-18)21(24)27-12-20(23)22-16-7-6-15(25-2)11-17(16)26-3/h6-7,10-11,13H,4-5,8-9,12H2,1-3H3,(H,22,23). The van der Waals surface area contributed by atoms with Crippen molar-refractivity contribution in [1.29, 1.82) is 0 Å². The van der Waals surface area contributed by atoms with Gasteiger partial charge in [-0.25, -0.2) is 4.79 Å². The maximum atomic E-state index is 12.3. The number of carbonyl (C=O) groups is 2. The average Bonchev–Trinajstić information content (AvgIpc) is 3.15. The lowest BCUT2D eigenvalue weighted by Crippen LogP contribution is -2.21. The normalized spacial score (nSPS) is 15.5. The van der Waals surface area contributed by atoms with Crippen LogP contribution in [0.25, 0.3) is 0 Å². The molecule has 1 atom stereocenters. The van der Waals surface area contributed by atoms with Gasteiger partial charge in [-0.2, -0.15) is 0 Å². The summed E-state index contributed by atoms with van der Waals surface area (Å²) in [4.78, 5) is 26.4. The molecule has 0 saturated carbocycles. The Kier molecular flexibility index (Phi) is 6.57. The van der Waals surface area contributed by atoms with Crippen molar-refractivity contribution < 1.29 is 23.8 Å².